The van der Waals surface area contributed by atoms with Gasteiger partial charge < -0.3 is 15.5 Å². The van der Waals surface area contributed by atoms with Crippen LogP contribution in [0.3, 0.4) is 0 Å². The summed E-state index contributed by atoms with van der Waals surface area (Å²) in [5.74, 6) is 1.72. The highest BCUT2D eigenvalue weighted by Crippen LogP contribution is 2.18. The molecule has 0 bridgehead atoms. The van der Waals surface area contributed by atoms with Gasteiger partial charge in [-0.2, -0.15) is 0 Å². The minimum Gasteiger partial charge on any atom is -0.385 e. The Morgan fingerprint density at radius 3 is 2.83 bits per heavy atom. The van der Waals surface area contributed by atoms with Gasteiger partial charge in [0.15, 0.2) is 0 Å². The Balaban J connectivity index is 1.77. The largest absolute Gasteiger partial charge is 0.385 e. The number of nitrogens with zero attached hydrogens (tertiary/aromatic N) is 2. The summed E-state index contributed by atoms with van der Waals surface area (Å²) in [5, 5.41) is 6.58. The molecule has 1 saturated heterocycles. The lowest BCUT2D eigenvalue weighted by Crippen LogP contribution is -2.35. The van der Waals surface area contributed by atoms with E-state index >= 15 is 0 Å². The summed E-state index contributed by atoms with van der Waals surface area (Å²) in [6.07, 6.45) is 4.46. The van der Waals surface area contributed by atoms with Crippen molar-refractivity contribution in [3.8, 4) is 0 Å². The van der Waals surface area contributed by atoms with Crippen molar-refractivity contribution in [1.29, 1.82) is 0 Å². The fourth-order valence-corrected chi connectivity index (χ4v) is 2.45. The van der Waals surface area contributed by atoms with Gasteiger partial charge in [0, 0.05) is 31.5 Å². The van der Waals surface area contributed by atoms with Crippen molar-refractivity contribution in [3.05, 3.63) is 18.3 Å². The Labute approximate surface area is 110 Å². The van der Waals surface area contributed by atoms with Crippen LogP contribution in [0.1, 0.15) is 19.8 Å². The average Bonchev–Trinajstić information content (AvgIpc) is 2.46. The number of pyridine rings is 1. The molecular weight excluding hydrogens is 224 g/mol. The first kappa shape index (κ1) is 13.1. The molecule has 0 unspecified atom stereocenters. The van der Waals surface area contributed by atoms with Gasteiger partial charge in [0.2, 0.25) is 0 Å². The number of anilines is 2. The number of piperidine rings is 1. The molecule has 2 heterocycles. The predicted molar refractivity (Wildman–Crippen MR) is 77.1 cm³/mol. The van der Waals surface area contributed by atoms with E-state index in [1.165, 1.54) is 32.5 Å². The van der Waals surface area contributed by atoms with E-state index in [1.54, 1.807) is 0 Å². The highest BCUT2D eigenvalue weighted by Gasteiger charge is 2.17. The molecule has 1 fully saturated rings. The number of nitrogens with one attached hydrogen (secondary N) is 2. The van der Waals surface area contributed by atoms with Gasteiger partial charge in [-0.3, -0.25) is 0 Å². The molecule has 0 atom stereocenters. The molecule has 0 aliphatic carbocycles. The highest BCUT2D eigenvalue weighted by molar-refractivity contribution is 5.51. The second-order valence-corrected chi connectivity index (χ2v) is 4.94. The second kappa shape index (κ2) is 6.59. The maximum Gasteiger partial charge on any atom is 0.127 e. The molecule has 4 nitrogen and oxygen atoms in total. The van der Waals surface area contributed by atoms with Crippen LogP contribution in [0.15, 0.2) is 18.3 Å². The van der Waals surface area contributed by atoms with Crippen LogP contribution in [0.2, 0.25) is 0 Å². The zero-order valence-electron chi connectivity index (χ0n) is 11.4. The van der Waals surface area contributed by atoms with Gasteiger partial charge >= 0.3 is 0 Å². The minimum absolute atomic E-state index is 0.805. The van der Waals surface area contributed by atoms with Crippen molar-refractivity contribution in [2.45, 2.75) is 19.8 Å². The van der Waals surface area contributed by atoms with E-state index in [4.69, 9.17) is 0 Å². The summed E-state index contributed by atoms with van der Waals surface area (Å²) in [7, 11) is 1.90. The summed E-state index contributed by atoms with van der Waals surface area (Å²) < 4.78 is 0. The van der Waals surface area contributed by atoms with Crippen molar-refractivity contribution in [2.24, 2.45) is 5.92 Å². The lowest BCUT2D eigenvalue weighted by Gasteiger charge is -2.31. The first-order valence-corrected chi connectivity index (χ1v) is 6.92. The van der Waals surface area contributed by atoms with E-state index in [9.17, 15) is 0 Å². The lowest BCUT2D eigenvalue weighted by molar-refractivity contribution is 0.198. The number of hydrogen-bond acceptors (Lipinski definition) is 4. The molecule has 4 heteroatoms. The summed E-state index contributed by atoms with van der Waals surface area (Å²) in [6.45, 7) is 7.01. The Hall–Kier alpha value is -1.29. The molecule has 0 amide bonds. The Morgan fingerprint density at radius 2 is 2.17 bits per heavy atom. The molecular formula is C14H24N4. The van der Waals surface area contributed by atoms with Crippen LogP contribution in [0, 0.1) is 5.92 Å². The van der Waals surface area contributed by atoms with Crippen molar-refractivity contribution < 1.29 is 0 Å². The molecule has 100 valence electrons. The molecule has 1 aliphatic rings. The molecule has 1 aromatic rings. The van der Waals surface area contributed by atoms with E-state index in [1.807, 2.05) is 19.3 Å². The quantitative estimate of drug-likeness (QED) is 0.838. The summed E-state index contributed by atoms with van der Waals surface area (Å²) in [5.41, 5.74) is 1.16. The Bertz CT molecular complexity index is 359. The maximum atomic E-state index is 4.22. The van der Waals surface area contributed by atoms with E-state index in [0.717, 1.165) is 24.0 Å². The summed E-state index contributed by atoms with van der Waals surface area (Å²) in [6, 6.07) is 4.09. The normalized spacial score (nSPS) is 17.7. The van der Waals surface area contributed by atoms with Crippen LogP contribution in [-0.2, 0) is 0 Å². The van der Waals surface area contributed by atoms with Crippen LogP contribution in [0.4, 0.5) is 11.5 Å². The van der Waals surface area contributed by atoms with Gasteiger partial charge in [0.1, 0.15) is 5.82 Å². The summed E-state index contributed by atoms with van der Waals surface area (Å²) >= 11 is 0. The van der Waals surface area contributed by atoms with Crippen molar-refractivity contribution in [3.63, 3.8) is 0 Å². The van der Waals surface area contributed by atoms with Crippen LogP contribution >= 0.6 is 0 Å². The predicted octanol–water partition coefficient (Wildman–Crippen LogP) is 2.27. The first-order valence-electron chi connectivity index (χ1n) is 6.92. The smallest absolute Gasteiger partial charge is 0.127 e. The SMILES string of the molecule is CCN1CCC(CNc2ccnc(NC)c2)CC1. The van der Waals surface area contributed by atoms with Crippen LogP contribution in [0.25, 0.3) is 0 Å². The highest BCUT2D eigenvalue weighted by atomic mass is 15.1. The fourth-order valence-electron chi connectivity index (χ4n) is 2.45. The van der Waals surface area contributed by atoms with Gasteiger partial charge in [-0.1, -0.05) is 6.92 Å². The van der Waals surface area contributed by atoms with E-state index in [2.05, 4.69) is 33.5 Å². The number of likely N-dealkylation sites (tertiary alicyclic amines) is 1. The Kier molecular flexibility index (Phi) is 4.81. The van der Waals surface area contributed by atoms with Crippen molar-refractivity contribution in [1.82, 2.24) is 9.88 Å². The van der Waals surface area contributed by atoms with Gasteiger partial charge in [-0.05, 0) is 44.5 Å². The van der Waals surface area contributed by atoms with Crippen LogP contribution in [0.5, 0.6) is 0 Å². The first-order chi connectivity index (χ1) is 8.81. The number of aromatic nitrogens is 1. The van der Waals surface area contributed by atoms with Crippen molar-refractivity contribution >= 4 is 11.5 Å². The zero-order chi connectivity index (χ0) is 12.8. The molecule has 2 rings (SSSR count). The van der Waals surface area contributed by atoms with E-state index in [0.29, 0.717) is 0 Å². The van der Waals surface area contributed by atoms with Gasteiger partial charge in [0.05, 0.1) is 0 Å². The number of hydrogen-bond donors (Lipinski definition) is 2. The third kappa shape index (κ3) is 3.60. The van der Waals surface area contributed by atoms with Crippen LogP contribution in [-0.4, -0.2) is 43.1 Å². The molecule has 0 spiro atoms. The fraction of sp³-hybridized carbons (Fsp3) is 0.643. The summed E-state index contributed by atoms with van der Waals surface area (Å²) in [4.78, 5) is 6.75. The monoisotopic (exact) mass is 248 g/mol. The number of rotatable bonds is 5. The van der Waals surface area contributed by atoms with Gasteiger partial charge in [-0.25, -0.2) is 4.98 Å². The molecule has 2 N–H and O–H groups in total. The Morgan fingerprint density at radius 1 is 1.39 bits per heavy atom. The van der Waals surface area contributed by atoms with Gasteiger partial charge in [-0.15, -0.1) is 0 Å². The van der Waals surface area contributed by atoms with Crippen LogP contribution < -0.4 is 10.6 Å². The van der Waals surface area contributed by atoms with Gasteiger partial charge in [0.25, 0.3) is 0 Å². The zero-order valence-corrected chi connectivity index (χ0v) is 11.4. The minimum atomic E-state index is 0.805. The standard InChI is InChI=1S/C14H24N4/c1-3-18-8-5-12(6-9-18)11-17-13-4-7-16-14(10-13)15-2/h4,7,10,12H,3,5-6,8-9,11H2,1-2H3,(H2,15,16,17). The average molecular weight is 248 g/mol. The molecule has 1 aliphatic heterocycles. The maximum absolute atomic E-state index is 4.22. The topological polar surface area (TPSA) is 40.2 Å². The molecule has 0 aromatic carbocycles. The third-order valence-electron chi connectivity index (χ3n) is 3.77. The molecule has 0 radical (unpaired) electrons. The van der Waals surface area contributed by atoms with E-state index in [-0.39, 0.29) is 0 Å². The van der Waals surface area contributed by atoms with E-state index < -0.39 is 0 Å². The molecule has 0 saturated carbocycles. The molecule has 18 heavy (non-hydrogen) atoms. The third-order valence-corrected chi connectivity index (χ3v) is 3.77. The second-order valence-electron chi connectivity index (χ2n) is 4.94. The lowest BCUT2D eigenvalue weighted by atomic mass is 9.97. The molecule has 1 aromatic heterocycles. The van der Waals surface area contributed by atoms with Crippen molar-refractivity contribution in [2.75, 3.05) is 43.9 Å².